The van der Waals surface area contributed by atoms with Gasteiger partial charge in [-0.1, -0.05) is 6.92 Å². The summed E-state index contributed by atoms with van der Waals surface area (Å²) < 4.78 is 78.4. The molecule has 0 N–H and O–H groups in total. The zero-order chi connectivity index (χ0) is 20.0. The van der Waals surface area contributed by atoms with Crippen molar-refractivity contribution in [2.45, 2.75) is 28.4 Å². The normalized spacial score (nSPS) is 12.9. The number of halogens is 6. The highest BCUT2D eigenvalue weighted by Gasteiger charge is 2.35. The maximum absolute atomic E-state index is 13.1. The minimum absolute atomic E-state index is 0.134. The van der Waals surface area contributed by atoms with Crippen LogP contribution in [0.15, 0.2) is 28.1 Å². The minimum Gasteiger partial charge on any atom is -0.311 e. The van der Waals surface area contributed by atoms with Crippen LogP contribution < -0.4 is 0 Å². The second kappa shape index (κ2) is 7.21. The van der Waals surface area contributed by atoms with Crippen LogP contribution in [-0.2, 0) is 13.2 Å². The summed E-state index contributed by atoms with van der Waals surface area (Å²) in [7, 11) is 1.57. The first-order valence-corrected chi connectivity index (χ1v) is 10.0. The number of nitrogens with zero attached hydrogens (tertiary/aromatic N) is 3. The fraction of sp³-hybridized carbons (Fsp3) is 0.333. The molecule has 3 aromatic heterocycles. The van der Waals surface area contributed by atoms with E-state index >= 15 is 0 Å². The van der Waals surface area contributed by atoms with Crippen LogP contribution >= 0.6 is 34.9 Å². The molecule has 0 saturated heterocycles. The highest BCUT2D eigenvalue weighted by atomic mass is 32.2. The van der Waals surface area contributed by atoms with Gasteiger partial charge in [0.25, 0.3) is 0 Å². The standard InChI is InChI=1S/C15H11F6N3S3/c1-3-25-9-5-10(14(16,17)18)26-11(9)13-23-8-4-7(27-15(19,20)21)6-22-12(8)24(13)2/h4-6H,3H2,1-2H3. The number of hydrogen-bond acceptors (Lipinski definition) is 5. The summed E-state index contributed by atoms with van der Waals surface area (Å²) in [5, 5.41) is 0. The van der Waals surface area contributed by atoms with Gasteiger partial charge >= 0.3 is 11.7 Å². The summed E-state index contributed by atoms with van der Waals surface area (Å²) in [6.45, 7) is 1.82. The molecule has 0 atom stereocenters. The average Bonchev–Trinajstić information content (AvgIpc) is 3.07. The van der Waals surface area contributed by atoms with Crippen LogP contribution in [0.4, 0.5) is 26.3 Å². The number of thioether (sulfide) groups is 2. The predicted molar refractivity (Wildman–Crippen MR) is 95.1 cm³/mol. The molecule has 12 heteroatoms. The zero-order valence-corrected chi connectivity index (χ0v) is 16.2. The van der Waals surface area contributed by atoms with Crippen molar-refractivity contribution in [3.05, 3.63) is 23.2 Å². The molecule has 0 radical (unpaired) electrons. The lowest BCUT2D eigenvalue weighted by Gasteiger charge is -2.04. The molecule has 0 bridgehead atoms. The Bertz CT molecular complexity index is 974. The van der Waals surface area contributed by atoms with E-state index < -0.39 is 16.6 Å². The number of imidazole rings is 1. The summed E-state index contributed by atoms with van der Waals surface area (Å²) >= 11 is 1.49. The van der Waals surface area contributed by atoms with Gasteiger partial charge in [-0.2, -0.15) is 26.3 Å². The predicted octanol–water partition coefficient (Wildman–Crippen LogP) is 6.44. The van der Waals surface area contributed by atoms with E-state index in [-0.39, 0.29) is 28.0 Å². The second-order valence-electron chi connectivity index (χ2n) is 5.29. The van der Waals surface area contributed by atoms with E-state index in [1.54, 1.807) is 7.05 Å². The summed E-state index contributed by atoms with van der Waals surface area (Å²) in [5.41, 5.74) is -3.98. The van der Waals surface area contributed by atoms with Gasteiger partial charge in [-0.15, -0.1) is 23.1 Å². The smallest absolute Gasteiger partial charge is 0.311 e. The van der Waals surface area contributed by atoms with Crippen LogP contribution in [0.2, 0.25) is 0 Å². The largest absolute Gasteiger partial charge is 0.446 e. The lowest BCUT2D eigenvalue weighted by Crippen LogP contribution is -2.00. The Morgan fingerprint density at radius 1 is 1.15 bits per heavy atom. The van der Waals surface area contributed by atoms with Gasteiger partial charge in [0.05, 0.1) is 4.88 Å². The Kier molecular flexibility index (Phi) is 5.43. The Hall–Kier alpha value is -1.40. The molecule has 0 aromatic carbocycles. The first-order chi connectivity index (χ1) is 12.5. The summed E-state index contributed by atoms with van der Waals surface area (Å²) in [5.74, 6) is 0.804. The van der Waals surface area contributed by atoms with Gasteiger partial charge in [0.2, 0.25) is 0 Å². The van der Waals surface area contributed by atoms with E-state index in [4.69, 9.17) is 0 Å². The number of aryl methyl sites for hydroxylation is 1. The van der Waals surface area contributed by atoms with Crippen LogP contribution in [0.3, 0.4) is 0 Å². The zero-order valence-electron chi connectivity index (χ0n) is 13.8. The third-order valence-corrected chi connectivity index (χ3v) is 6.31. The molecular formula is C15H11F6N3S3. The van der Waals surface area contributed by atoms with E-state index in [0.29, 0.717) is 32.5 Å². The molecule has 3 heterocycles. The van der Waals surface area contributed by atoms with Gasteiger partial charge in [0.15, 0.2) is 11.5 Å². The van der Waals surface area contributed by atoms with Crippen LogP contribution in [0.5, 0.6) is 0 Å². The fourth-order valence-electron chi connectivity index (χ4n) is 2.38. The topological polar surface area (TPSA) is 30.7 Å². The second-order valence-corrected chi connectivity index (χ2v) is 8.79. The van der Waals surface area contributed by atoms with Gasteiger partial charge in [-0.25, -0.2) is 9.97 Å². The monoisotopic (exact) mass is 443 g/mol. The summed E-state index contributed by atoms with van der Waals surface area (Å²) in [6, 6.07) is 2.31. The lowest BCUT2D eigenvalue weighted by molar-refractivity contribution is -0.134. The third-order valence-electron chi connectivity index (χ3n) is 3.40. The number of pyridine rings is 1. The Labute approximate surface area is 162 Å². The van der Waals surface area contributed by atoms with Crippen LogP contribution in [0.25, 0.3) is 21.9 Å². The number of alkyl halides is 6. The van der Waals surface area contributed by atoms with Gasteiger partial charge in [0.1, 0.15) is 10.4 Å². The Morgan fingerprint density at radius 3 is 2.44 bits per heavy atom. The molecule has 3 nitrogen and oxygen atoms in total. The fourth-order valence-corrected chi connectivity index (χ4v) is 4.98. The number of hydrogen-bond donors (Lipinski definition) is 0. The highest BCUT2D eigenvalue weighted by molar-refractivity contribution is 8.00. The molecule has 0 fully saturated rings. The SMILES string of the molecule is CCSc1cc(C(F)(F)F)sc1-c1nc2cc(SC(F)(F)F)cnc2n1C. The Morgan fingerprint density at radius 2 is 1.85 bits per heavy atom. The number of rotatable bonds is 4. The van der Waals surface area contributed by atoms with Gasteiger partial charge in [0, 0.05) is 23.0 Å². The molecule has 0 spiro atoms. The van der Waals surface area contributed by atoms with Crippen LogP contribution in [-0.4, -0.2) is 25.8 Å². The molecule has 0 aliphatic heterocycles. The molecule has 0 amide bonds. The van der Waals surface area contributed by atoms with Crippen molar-refractivity contribution in [3.63, 3.8) is 0 Å². The molecule has 3 rings (SSSR count). The van der Waals surface area contributed by atoms with E-state index in [2.05, 4.69) is 9.97 Å². The molecule has 0 aliphatic rings. The molecule has 0 unspecified atom stereocenters. The van der Waals surface area contributed by atoms with Crippen molar-refractivity contribution in [2.75, 3.05) is 5.75 Å². The number of aromatic nitrogens is 3. The van der Waals surface area contributed by atoms with Crippen molar-refractivity contribution in [2.24, 2.45) is 7.05 Å². The average molecular weight is 443 g/mol. The molecule has 0 aliphatic carbocycles. The lowest BCUT2D eigenvalue weighted by atomic mass is 10.4. The van der Waals surface area contributed by atoms with Crippen molar-refractivity contribution in [3.8, 4) is 10.7 Å². The van der Waals surface area contributed by atoms with Crippen molar-refractivity contribution in [1.82, 2.24) is 14.5 Å². The maximum Gasteiger partial charge on any atom is 0.446 e. The minimum atomic E-state index is -4.48. The molecule has 146 valence electrons. The highest BCUT2D eigenvalue weighted by Crippen LogP contribution is 2.45. The molecule has 3 aromatic rings. The molecular weight excluding hydrogens is 432 g/mol. The van der Waals surface area contributed by atoms with Crippen LogP contribution in [0.1, 0.15) is 11.8 Å². The first kappa shape index (κ1) is 20.3. The van der Waals surface area contributed by atoms with E-state index in [1.165, 1.54) is 22.4 Å². The van der Waals surface area contributed by atoms with E-state index in [9.17, 15) is 26.3 Å². The van der Waals surface area contributed by atoms with Crippen molar-refractivity contribution >= 4 is 46.0 Å². The van der Waals surface area contributed by atoms with Crippen molar-refractivity contribution < 1.29 is 26.3 Å². The molecule has 27 heavy (non-hydrogen) atoms. The van der Waals surface area contributed by atoms with Gasteiger partial charge in [-0.05, 0) is 29.6 Å². The van der Waals surface area contributed by atoms with Gasteiger partial charge in [-0.3, -0.25) is 0 Å². The van der Waals surface area contributed by atoms with Crippen molar-refractivity contribution in [1.29, 1.82) is 0 Å². The summed E-state index contributed by atoms with van der Waals surface area (Å²) in [4.78, 5) is 8.12. The van der Waals surface area contributed by atoms with E-state index in [1.807, 2.05) is 6.92 Å². The summed E-state index contributed by atoms with van der Waals surface area (Å²) in [6.07, 6.45) is -3.41. The van der Waals surface area contributed by atoms with Gasteiger partial charge < -0.3 is 4.57 Å². The van der Waals surface area contributed by atoms with Crippen LogP contribution in [0, 0.1) is 0 Å². The number of fused-ring (bicyclic) bond motifs is 1. The van der Waals surface area contributed by atoms with E-state index in [0.717, 1.165) is 12.3 Å². The third kappa shape index (κ3) is 4.37. The Balaban J connectivity index is 2.11. The quantitative estimate of drug-likeness (QED) is 0.343. The first-order valence-electron chi connectivity index (χ1n) is 7.42. The maximum atomic E-state index is 13.1. The molecule has 0 saturated carbocycles. The number of thiophene rings is 1.